The van der Waals surface area contributed by atoms with Gasteiger partial charge in [-0.25, -0.2) is 4.79 Å². The fraction of sp³-hybridized carbons (Fsp3) is 0.357. The molecule has 0 atom stereocenters. The molecule has 0 unspecified atom stereocenters. The van der Waals surface area contributed by atoms with E-state index in [0.717, 1.165) is 0 Å². The van der Waals surface area contributed by atoms with E-state index in [2.05, 4.69) is 12.3 Å². The molecule has 1 heterocycles. The zero-order valence-electron chi connectivity index (χ0n) is 11.5. The Hall–Kier alpha value is -2.04. The van der Waals surface area contributed by atoms with E-state index in [9.17, 15) is 9.59 Å². The van der Waals surface area contributed by atoms with Gasteiger partial charge in [0.05, 0.1) is 12.7 Å². The van der Waals surface area contributed by atoms with E-state index in [1.807, 2.05) is 13.8 Å². The highest BCUT2D eigenvalue weighted by Gasteiger charge is 2.04. The van der Waals surface area contributed by atoms with Crippen LogP contribution in [-0.4, -0.2) is 23.8 Å². The Labute approximate surface area is 120 Å². The molecule has 0 aliphatic rings. The van der Waals surface area contributed by atoms with Crippen molar-refractivity contribution in [2.24, 2.45) is 0 Å². The predicted octanol–water partition coefficient (Wildman–Crippen LogP) is 0.369. The normalized spacial score (nSPS) is 10.8. The van der Waals surface area contributed by atoms with Crippen LogP contribution in [0.25, 0.3) is 11.8 Å². The molecule has 1 rings (SSSR count). The van der Waals surface area contributed by atoms with Crippen molar-refractivity contribution in [3.05, 3.63) is 38.5 Å². The van der Waals surface area contributed by atoms with E-state index in [0.29, 0.717) is 22.3 Å². The summed E-state index contributed by atoms with van der Waals surface area (Å²) in [7, 11) is 0. The zero-order valence-corrected chi connectivity index (χ0v) is 12.4. The summed E-state index contributed by atoms with van der Waals surface area (Å²) in [5.74, 6) is -0.506. The van der Waals surface area contributed by atoms with Crippen LogP contribution in [0, 0.1) is 0 Å². The molecule has 0 spiro atoms. The van der Waals surface area contributed by atoms with Gasteiger partial charge in [0, 0.05) is 6.54 Å². The Bertz CT molecular complexity index is 677. The SMILES string of the molecule is C=CCOC(=O)/C=c1\sc(=C=COCC)c(=O)n1CC. The molecular formula is C14H17NO4S. The molecule has 0 aliphatic carbocycles. The van der Waals surface area contributed by atoms with Gasteiger partial charge >= 0.3 is 5.97 Å². The second kappa shape index (κ2) is 8.19. The van der Waals surface area contributed by atoms with Crippen LogP contribution in [0.5, 0.6) is 0 Å². The lowest BCUT2D eigenvalue weighted by Gasteiger charge is -1.96. The van der Waals surface area contributed by atoms with Crippen LogP contribution in [0.1, 0.15) is 13.8 Å². The largest absolute Gasteiger partial charge is 0.493 e. The van der Waals surface area contributed by atoms with Crippen LogP contribution in [0.3, 0.4) is 0 Å². The minimum Gasteiger partial charge on any atom is -0.493 e. The maximum Gasteiger partial charge on any atom is 0.334 e. The molecule has 108 valence electrons. The maximum atomic E-state index is 12.1. The predicted molar refractivity (Wildman–Crippen MR) is 78.7 cm³/mol. The van der Waals surface area contributed by atoms with Crippen molar-refractivity contribution in [3.8, 4) is 0 Å². The third kappa shape index (κ3) is 4.26. The molecule has 6 heteroatoms. The highest BCUT2D eigenvalue weighted by atomic mass is 32.1. The van der Waals surface area contributed by atoms with E-state index >= 15 is 0 Å². The van der Waals surface area contributed by atoms with Crippen LogP contribution < -0.4 is 14.8 Å². The van der Waals surface area contributed by atoms with Gasteiger partial charge in [-0.1, -0.05) is 18.4 Å². The van der Waals surface area contributed by atoms with Crippen molar-refractivity contribution in [2.45, 2.75) is 20.4 Å². The average molecular weight is 295 g/mol. The van der Waals surface area contributed by atoms with Crippen LogP contribution in [0.15, 0.2) is 23.7 Å². The van der Waals surface area contributed by atoms with Gasteiger partial charge in [0.2, 0.25) is 0 Å². The molecule has 0 bridgehead atoms. The quantitative estimate of drug-likeness (QED) is 0.432. The summed E-state index contributed by atoms with van der Waals surface area (Å²) in [6.45, 7) is 8.24. The third-order valence-electron chi connectivity index (χ3n) is 2.25. The number of nitrogens with zero attached hydrogens (tertiary/aromatic N) is 1. The van der Waals surface area contributed by atoms with E-state index in [-0.39, 0.29) is 12.2 Å². The number of ether oxygens (including phenoxy) is 2. The van der Waals surface area contributed by atoms with Gasteiger partial charge in [-0.2, -0.15) is 0 Å². The lowest BCUT2D eigenvalue weighted by atomic mass is 10.6. The van der Waals surface area contributed by atoms with Crippen molar-refractivity contribution in [2.75, 3.05) is 13.2 Å². The van der Waals surface area contributed by atoms with Crippen molar-refractivity contribution in [1.29, 1.82) is 0 Å². The molecule has 0 radical (unpaired) electrons. The summed E-state index contributed by atoms with van der Waals surface area (Å²) in [5.41, 5.74) is 2.58. The topological polar surface area (TPSA) is 57.5 Å². The second-order valence-electron chi connectivity index (χ2n) is 3.60. The van der Waals surface area contributed by atoms with Gasteiger partial charge in [-0.15, -0.1) is 11.3 Å². The first-order valence-electron chi connectivity index (χ1n) is 6.19. The lowest BCUT2D eigenvalue weighted by Crippen LogP contribution is -2.30. The van der Waals surface area contributed by atoms with Gasteiger partial charge in [0.15, 0.2) is 0 Å². The molecule has 0 fully saturated rings. The standard InChI is InChI=1S/C14H17NO4S/c1-4-8-19-13(16)10-12-15(5-2)14(17)11(20-12)7-9-18-6-3/h4,9-10H,1,5-6,8H2,2-3H3/b12-10-. The van der Waals surface area contributed by atoms with E-state index < -0.39 is 5.97 Å². The zero-order chi connectivity index (χ0) is 15.0. The number of esters is 1. The van der Waals surface area contributed by atoms with Crippen LogP contribution in [0.4, 0.5) is 0 Å². The summed E-state index contributed by atoms with van der Waals surface area (Å²) in [5, 5.41) is 0. The molecule has 0 N–H and O–H groups in total. The minimum atomic E-state index is -0.506. The van der Waals surface area contributed by atoms with Gasteiger partial charge in [-0.05, 0) is 13.8 Å². The molecule has 0 aliphatic heterocycles. The molecule has 20 heavy (non-hydrogen) atoms. The van der Waals surface area contributed by atoms with Crippen LogP contribution in [0.2, 0.25) is 0 Å². The number of aromatic nitrogens is 1. The first kappa shape index (κ1) is 16.0. The van der Waals surface area contributed by atoms with Gasteiger partial charge in [0.25, 0.3) is 5.56 Å². The molecule has 1 aromatic rings. The van der Waals surface area contributed by atoms with Gasteiger partial charge < -0.3 is 9.47 Å². The van der Waals surface area contributed by atoms with Crippen molar-refractivity contribution >= 4 is 29.1 Å². The van der Waals surface area contributed by atoms with Crippen molar-refractivity contribution in [1.82, 2.24) is 4.57 Å². The number of carbonyl (C=O) groups excluding carboxylic acids is 1. The summed E-state index contributed by atoms with van der Waals surface area (Å²) in [6.07, 6.45) is 4.13. The Kier molecular flexibility index (Phi) is 6.56. The van der Waals surface area contributed by atoms with Crippen molar-refractivity contribution in [3.63, 3.8) is 0 Å². The first-order valence-corrected chi connectivity index (χ1v) is 7.01. The molecule has 0 aromatic carbocycles. The smallest absolute Gasteiger partial charge is 0.334 e. The number of carbonyl (C=O) groups is 1. The highest BCUT2D eigenvalue weighted by molar-refractivity contribution is 7.07. The minimum absolute atomic E-state index is 0.139. The Morgan fingerprint density at radius 1 is 1.50 bits per heavy atom. The monoisotopic (exact) mass is 295 g/mol. The summed E-state index contributed by atoms with van der Waals surface area (Å²) in [4.78, 5) is 23.6. The van der Waals surface area contributed by atoms with Gasteiger partial charge in [0.1, 0.15) is 22.1 Å². The maximum absolute atomic E-state index is 12.1. The van der Waals surface area contributed by atoms with Crippen LogP contribution >= 0.6 is 11.3 Å². The third-order valence-corrected chi connectivity index (χ3v) is 3.30. The second-order valence-corrected chi connectivity index (χ2v) is 4.63. The molecule has 0 amide bonds. The van der Waals surface area contributed by atoms with E-state index in [1.165, 1.54) is 34.3 Å². The number of thiazole rings is 1. The average Bonchev–Trinajstić information content (AvgIpc) is 2.72. The molecule has 1 aromatic heterocycles. The Balaban J connectivity index is 3.28. The fourth-order valence-corrected chi connectivity index (χ4v) is 2.38. The highest BCUT2D eigenvalue weighted by Crippen LogP contribution is 1.84. The Morgan fingerprint density at radius 2 is 2.25 bits per heavy atom. The van der Waals surface area contributed by atoms with E-state index in [4.69, 9.17) is 9.47 Å². The van der Waals surface area contributed by atoms with Crippen molar-refractivity contribution < 1.29 is 14.3 Å². The molecule has 0 saturated carbocycles. The summed E-state index contributed by atoms with van der Waals surface area (Å²) >= 11 is 1.17. The summed E-state index contributed by atoms with van der Waals surface area (Å²) in [6, 6.07) is 0. The van der Waals surface area contributed by atoms with Gasteiger partial charge in [-0.3, -0.25) is 9.36 Å². The Morgan fingerprint density at radius 3 is 2.85 bits per heavy atom. The lowest BCUT2D eigenvalue weighted by molar-refractivity contribution is -0.134. The van der Waals surface area contributed by atoms with E-state index in [1.54, 1.807) is 0 Å². The molecular weight excluding hydrogens is 278 g/mol. The molecule has 0 saturated heterocycles. The number of hydrogen-bond acceptors (Lipinski definition) is 5. The first-order chi connectivity index (χ1) is 9.63. The number of rotatable bonds is 6. The fourth-order valence-electron chi connectivity index (χ4n) is 1.39. The summed E-state index contributed by atoms with van der Waals surface area (Å²) < 4.78 is 12.3. The molecule has 5 nitrogen and oxygen atoms in total. The number of hydrogen-bond donors (Lipinski definition) is 0. The van der Waals surface area contributed by atoms with Crippen LogP contribution in [-0.2, 0) is 20.8 Å².